The highest BCUT2D eigenvalue weighted by atomic mass is 127. The van der Waals surface area contributed by atoms with Gasteiger partial charge in [-0.15, -0.1) is 0 Å². The van der Waals surface area contributed by atoms with Crippen LogP contribution in [0.2, 0.25) is 0 Å². The molecule has 13 heavy (non-hydrogen) atoms. The Bertz CT molecular complexity index is 262. The number of hydrogen-bond donors (Lipinski definition) is 0. The van der Waals surface area contributed by atoms with Gasteiger partial charge in [-0.3, -0.25) is 4.79 Å². The zero-order chi connectivity index (χ0) is 10.3. The van der Waals surface area contributed by atoms with Crippen molar-refractivity contribution in [2.45, 2.75) is 20.8 Å². The van der Waals surface area contributed by atoms with E-state index in [1.165, 1.54) is 13.2 Å². The lowest BCUT2D eigenvalue weighted by Crippen LogP contribution is -1.90. The molecule has 0 aromatic heterocycles. The molecule has 0 rings (SSSR count). The number of carbonyl (C=O) groups is 1. The molecule has 3 heteroatoms. The highest BCUT2D eigenvalue weighted by Gasteiger charge is 1.89. The van der Waals surface area contributed by atoms with Gasteiger partial charge in [0.2, 0.25) is 0 Å². The van der Waals surface area contributed by atoms with Crippen LogP contribution in [0, 0.1) is 0 Å². The topological polar surface area (TPSA) is 26.3 Å². The van der Waals surface area contributed by atoms with Gasteiger partial charge in [0.05, 0.1) is 6.26 Å². The molecule has 0 aliphatic rings. The summed E-state index contributed by atoms with van der Waals surface area (Å²) in [6, 6.07) is 0. The second-order valence-electron chi connectivity index (χ2n) is 2.65. The van der Waals surface area contributed by atoms with E-state index in [1.807, 2.05) is 30.1 Å². The van der Waals surface area contributed by atoms with E-state index in [4.69, 9.17) is 4.74 Å². The molecule has 0 aliphatic carbocycles. The number of allylic oxidation sites excluding steroid dienone is 4. The highest BCUT2D eigenvalue weighted by molar-refractivity contribution is 14.1. The van der Waals surface area contributed by atoms with Crippen LogP contribution in [-0.4, -0.2) is 5.97 Å². The van der Waals surface area contributed by atoms with Crippen molar-refractivity contribution in [3.63, 3.8) is 0 Å². The Kier molecular flexibility index (Phi) is 6.58. The van der Waals surface area contributed by atoms with Gasteiger partial charge in [-0.05, 0) is 23.5 Å². The van der Waals surface area contributed by atoms with Crippen LogP contribution in [0.1, 0.15) is 20.8 Å². The molecule has 0 unspecified atom stereocenters. The Morgan fingerprint density at radius 1 is 1.23 bits per heavy atom. The summed E-state index contributed by atoms with van der Waals surface area (Å²) in [5.74, 6) is -0.296. The predicted octanol–water partition coefficient (Wildman–Crippen LogP) is 3.35. The van der Waals surface area contributed by atoms with Crippen molar-refractivity contribution >= 4 is 28.6 Å². The lowest BCUT2D eigenvalue weighted by Gasteiger charge is -1.95. The van der Waals surface area contributed by atoms with Crippen molar-refractivity contribution in [3.8, 4) is 0 Å². The Hall–Kier alpha value is -0.580. The van der Waals surface area contributed by atoms with Gasteiger partial charge < -0.3 is 4.74 Å². The van der Waals surface area contributed by atoms with Crippen molar-refractivity contribution in [2.24, 2.45) is 0 Å². The van der Waals surface area contributed by atoms with Gasteiger partial charge >= 0.3 is 5.97 Å². The van der Waals surface area contributed by atoms with Gasteiger partial charge in [0.25, 0.3) is 0 Å². The number of hydrogen-bond acceptors (Lipinski definition) is 2. The minimum Gasteiger partial charge on any atom is -0.434 e. The minimum atomic E-state index is -0.296. The SMILES string of the molecule is CC(=O)O/C=C(C)/C=C(C)\C=C\I. The molecule has 0 fully saturated rings. The third kappa shape index (κ3) is 7.77. The first-order valence-electron chi connectivity index (χ1n) is 3.85. The van der Waals surface area contributed by atoms with Crippen molar-refractivity contribution in [3.05, 3.63) is 33.6 Å². The fourth-order valence-corrected chi connectivity index (χ4v) is 1.28. The van der Waals surface area contributed by atoms with Crippen LogP contribution in [0.5, 0.6) is 0 Å². The summed E-state index contributed by atoms with van der Waals surface area (Å²) in [7, 11) is 0. The van der Waals surface area contributed by atoms with Crippen LogP contribution < -0.4 is 0 Å². The summed E-state index contributed by atoms with van der Waals surface area (Å²) < 4.78 is 6.64. The molecule has 0 saturated carbocycles. The number of halogens is 1. The summed E-state index contributed by atoms with van der Waals surface area (Å²) in [5, 5.41) is 0. The van der Waals surface area contributed by atoms with Crippen LogP contribution in [0.3, 0.4) is 0 Å². The van der Waals surface area contributed by atoms with Crippen LogP contribution in [0.25, 0.3) is 0 Å². The maximum atomic E-state index is 10.5. The Balaban J connectivity index is 4.26. The molecule has 0 radical (unpaired) electrons. The maximum absolute atomic E-state index is 10.5. The van der Waals surface area contributed by atoms with E-state index < -0.39 is 0 Å². The maximum Gasteiger partial charge on any atom is 0.307 e. The monoisotopic (exact) mass is 292 g/mol. The van der Waals surface area contributed by atoms with E-state index in [9.17, 15) is 4.79 Å². The number of rotatable bonds is 3. The van der Waals surface area contributed by atoms with Crippen LogP contribution in [0.15, 0.2) is 33.6 Å². The molecule has 2 nitrogen and oxygen atoms in total. The second kappa shape index (κ2) is 6.88. The molecule has 0 aliphatic heterocycles. The van der Waals surface area contributed by atoms with Crippen molar-refractivity contribution in [2.75, 3.05) is 0 Å². The second-order valence-corrected chi connectivity index (χ2v) is 3.37. The molecule has 0 heterocycles. The molecule has 0 atom stereocenters. The first-order valence-corrected chi connectivity index (χ1v) is 5.10. The fourth-order valence-electron chi connectivity index (χ4n) is 0.717. The molecule has 0 aromatic carbocycles. The normalized spacial score (nSPS) is 13.5. The standard InChI is InChI=1S/C10H13IO2/c1-8(4-5-11)6-9(2)7-13-10(3)12/h4-7H,1-3H3/b5-4+,8-6-,9-7+. The number of esters is 1. The van der Waals surface area contributed by atoms with E-state index in [0.717, 1.165) is 11.1 Å². The van der Waals surface area contributed by atoms with Gasteiger partial charge in [0.15, 0.2) is 0 Å². The molecule has 0 bridgehead atoms. The van der Waals surface area contributed by atoms with Crippen molar-refractivity contribution < 1.29 is 9.53 Å². The van der Waals surface area contributed by atoms with Crippen LogP contribution >= 0.6 is 22.6 Å². The highest BCUT2D eigenvalue weighted by Crippen LogP contribution is 2.04. The molecular formula is C10H13IO2. The zero-order valence-corrected chi connectivity index (χ0v) is 10.2. The summed E-state index contributed by atoms with van der Waals surface area (Å²) in [5.41, 5.74) is 2.04. The molecular weight excluding hydrogens is 279 g/mol. The Labute approximate surface area is 92.5 Å². The summed E-state index contributed by atoms with van der Waals surface area (Å²) in [6.45, 7) is 5.25. The van der Waals surface area contributed by atoms with Crippen molar-refractivity contribution in [1.82, 2.24) is 0 Å². The smallest absolute Gasteiger partial charge is 0.307 e. The van der Waals surface area contributed by atoms with Crippen molar-refractivity contribution in [1.29, 1.82) is 0 Å². The van der Waals surface area contributed by atoms with E-state index in [1.54, 1.807) is 0 Å². The van der Waals surface area contributed by atoms with E-state index in [0.29, 0.717) is 0 Å². The van der Waals surface area contributed by atoms with Gasteiger partial charge in [-0.1, -0.05) is 40.3 Å². The zero-order valence-electron chi connectivity index (χ0n) is 8.00. The van der Waals surface area contributed by atoms with E-state index in [2.05, 4.69) is 22.6 Å². The summed E-state index contributed by atoms with van der Waals surface area (Å²) in [4.78, 5) is 10.5. The third-order valence-electron chi connectivity index (χ3n) is 1.19. The fraction of sp³-hybridized carbons (Fsp3) is 0.300. The van der Waals surface area contributed by atoms with Gasteiger partial charge in [-0.2, -0.15) is 0 Å². The molecule has 72 valence electrons. The Morgan fingerprint density at radius 3 is 2.31 bits per heavy atom. The van der Waals surface area contributed by atoms with Gasteiger partial charge in [0.1, 0.15) is 0 Å². The van der Waals surface area contributed by atoms with Crippen LogP contribution in [0.4, 0.5) is 0 Å². The molecule has 0 amide bonds. The van der Waals surface area contributed by atoms with Crippen LogP contribution in [-0.2, 0) is 9.53 Å². The van der Waals surface area contributed by atoms with E-state index >= 15 is 0 Å². The van der Waals surface area contributed by atoms with Gasteiger partial charge in [0, 0.05) is 6.92 Å². The Morgan fingerprint density at radius 2 is 1.85 bits per heavy atom. The first-order chi connectivity index (χ1) is 6.06. The minimum absolute atomic E-state index is 0.296. The molecule has 0 aromatic rings. The molecule has 0 N–H and O–H groups in total. The average molecular weight is 292 g/mol. The number of carbonyl (C=O) groups excluding carboxylic acids is 1. The predicted molar refractivity (Wildman–Crippen MR) is 62.4 cm³/mol. The lowest BCUT2D eigenvalue weighted by atomic mass is 10.2. The molecule has 0 saturated heterocycles. The molecule has 0 spiro atoms. The number of ether oxygens (including phenoxy) is 1. The lowest BCUT2D eigenvalue weighted by molar-refractivity contribution is -0.135. The average Bonchev–Trinajstić information content (AvgIpc) is 2.01. The summed E-state index contributed by atoms with van der Waals surface area (Å²) >= 11 is 2.16. The quantitative estimate of drug-likeness (QED) is 0.345. The third-order valence-corrected chi connectivity index (χ3v) is 1.55. The first kappa shape index (κ1) is 12.4. The largest absolute Gasteiger partial charge is 0.434 e. The van der Waals surface area contributed by atoms with Gasteiger partial charge in [-0.25, -0.2) is 0 Å². The van der Waals surface area contributed by atoms with E-state index in [-0.39, 0.29) is 5.97 Å². The summed E-state index contributed by atoms with van der Waals surface area (Å²) in [6.07, 6.45) is 5.37.